The second kappa shape index (κ2) is 25.1. The summed E-state index contributed by atoms with van der Waals surface area (Å²) in [4.78, 5) is 29.4. The fraction of sp³-hybridized carbons (Fsp3) is 0.480. The fourth-order valence-corrected chi connectivity index (χ4v) is 8.59. The van der Waals surface area contributed by atoms with Gasteiger partial charge in [0.15, 0.2) is 0 Å². The molecule has 1 saturated heterocycles. The number of aryl methyl sites for hydroxylation is 4. The quantitative estimate of drug-likeness (QED) is 0.0783. The lowest BCUT2D eigenvalue weighted by Crippen LogP contribution is -2.48. The van der Waals surface area contributed by atoms with Gasteiger partial charge >= 0.3 is 0 Å². The third-order valence-corrected chi connectivity index (χ3v) is 12.2. The molecule has 1 atom stereocenters. The number of carbonyl (C=O) groups is 2. The number of nitrogens with zero attached hydrogens (tertiary/aromatic N) is 4. The van der Waals surface area contributed by atoms with Crippen LogP contribution in [0.4, 0.5) is 0 Å². The van der Waals surface area contributed by atoms with Crippen molar-refractivity contribution in [2.45, 2.75) is 145 Å². The minimum Gasteiger partial charge on any atom is -0.372 e. The first-order chi connectivity index (χ1) is 28.6. The van der Waals surface area contributed by atoms with Crippen LogP contribution in [0.25, 0.3) is 33.4 Å². The number of hydrazine groups is 1. The third-order valence-electron chi connectivity index (χ3n) is 11.3. The van der Waals surface area contributed by atoms with Crippen LogP contribution in [-0.4, -0.2) is 45.8 Å². The maximum atomic E-state index is 11.0. The predicted molar refractivity (Wildman–Crippen MR) is 256 cm³/mol. The van der Waals surface area contributed by atoms with E-state index in [1.165, 1.54) is 69.7 Å². The second-order valence-corrected chi connectivity index (χ2v) is 17.0. The minimum atomic E-state index is 0. The molecule has 2 aromatic carbocycles. The van der Waals surface area contributed by atoms with Crippen LogP contribution in [0.3, 0.4) is 0 Å². The normalized spacial score (nSPS) is 13.6. The summed E-state index contributed by atoms with van der Waals surface area (Å²) in [7, 11) is 1.93. The average Bonchev–Trinajstić information content (AvgIpc) is 3.88. The van der Waals surface area contributed by atoms with E-state index in [-0.39, 0.29) is 25.2 Å². The molecule has 10 heteroatoms. The van der Waals surface area contributed by atoms with E-state index in [1.54, 1.807) is 27.5 Å². The molecular formula is C50H70BN6O2S. The van der Waals surface area contributed by atoms with Crippen LogP contribution >= 0.6 is 11.3 Å². The lowest BCUT2D eigenvalue weighted by Gasteiger charge is -2.26. The van der Waals surface area contributed by atoms with Gasteiger partial charge < -0.3 is 10.3 Å². The van der Waals surface area contributed by atoms with E-state index in [4.69, 9.17) is 21.2 Å². The molecule has 0 saturated carbocycles. The lowest BCUT2D eigenvalue weighted by atomic mass is 9.80. The Bertz CT molecular complexity index is 2100. The molecular weight excluding hydrogens is 759 g/mol. The number of thiazole rings is 1. The molecule has 1 fully saturated rings. The predicted octanol–water partition coefficient (Wildman–Crippen LogP) is 11.4. The van der Waals surface area contributed by atoms with Crippen LogP contribution in [0.15, 0.2) is 66.2 Å². The molecule has 7 rings (SSSR count). The smallest absolute Gasteiger partial charge is 0.235 e. The summed E-state index contributed by atoms with van der Waals surface area (Å²) in [5.41, 5.74) is 16.1. The van der Waals surface area contributed by atoms with Crippen LogP contribution in [-0.2, 0) is 41.8 Å². The van der Waals surface area contributed by atoms with Crippen molar-refractivity contribution in [2.24, 2.45) is 11.1 Å². The summed E-state index contributed by atoms with van der Waals surface area (Å²) in [5.74, 6) is 3.43. The Morgan fingerprint density at radius 2 is 1.77 bits per heavy atom. The summed E-state index contributed by atoms with van der Waals surface area (Å²) in [6.45, 7) is 17.3. The molecule has 5 aromatic rings. The number of fused-ring (bicyclic) bond motifs is 2. The number of aromatic nitrogens is 3. The first-order valence-corrected chi connectivity index (χ1v) is 22.5. The zero-order chi connectivity index (χ0) is 42.8. The summed E-state index contributed by atoms with van der Waals surface area (Å²) < 4.78 is 2.49. The highest BCUT2D eigenvalue weighted by Gasteiger charge is 2.27. The summed E-state index contributed by atoms with van der Waals surface area (Å²) >= 11 is 1.75. The van der Waals surface area contributed by atoms with Crippen LogP contribution < -0.4 is 11.1 Å². The standard InChI is InChI=1S/C32H39N3S.C10H12.C6H12BN2O.CH3NO.CH4/c1-8-12-17-32(6,7)20-26-25-19-23(27-21-36-29(10-3)34-27)15-16-28(25)35(11-4)31(26)24-14-13-18-33-30(24)22(5)9-2;1-2-6-10-8-4-3-7-9(10)5-1;1-2-6(10)9-5-3-4-7-8-9;2-1-3;/h1,13-16,18-19,21-22H,9-12,17,20H2,2-7H3;1-2,5-6H,3-4,7-8H2;8H,2-5H2,1H3;1H,(H2,2,3);1H4. The Balaban J connectivity index is 0.000000322. The van der Waals surface area contributed by atoms with Gasteiger partial charge in [0, 0.05) is 59.5 Å². The number of terminal acetylenes is 1. The van der Waals surface area contributed by atoms with E-state index in [1.807, 2.05) is 20.5 Å². The van der Waals surface area contributed by atoms with E-state index < -0.39 is 0 Å². The van der Waals surface area contributed by atoms with E-state index in [0.29, 0.717) is 12.3 Å². The molecule has 60 heavy (non-hydrogen) atoms. The number of nitrogens with one attached hydrogen (secondary N) is 1. The Morgan fingerprint density at radius 3 is 2.33 bits per heavy atom. The molecule has 3 aromatic heterocycles. The molecule has 1 radical (unpaired) electrons. The molecule has 3 N–H and O–H groups in total. The summed E-state index contributed by atoms with van der Waals surface area (Å²) in [5, 5.41) is 9.29. The highest BCUT2D eigenvalue weighted by atomic mass is 32.1. The maximum absolute atomic E-state index is 11.0. The molecule has 1 unspecified atom stereocenters. The largest absolute Gasteiger partial charge is 0.372 e. The second-order valence-electron chi connectivity index (χ2n) is 16.1. The number of nitrogens with two attached hydrogens (primary N) is 1. The zero-order valence-electron chi connectivity index (χ0n) is 36.7. The number of pyridine rings is 1. The van der Waals surface area contributed by atoms with Gasteiger partial charge in [-0.05, 0) is 117 Å². The molecule has 321 valence electrons. The van der Waals surface area contributed by atoms with E-state index in [2.05, 4.69) is 123 Å². The summed E-state index contributed by atoms with van der Waals surface area (Å²) in [6, 6.07) is 20.0. The van der Waals surface area contributed by atoms with Gasteiger partial charge in [0.25, 0.3) is 0 Å². The first-order valence-electron chi connectivity index (χ1n) is 21.6. The molecule has 2 amide bonds. The molecule has 4 heterocycles. The Kier molecular flexibility index (Phi) is 20.8. The monoisotopic (exact) mass is 830 g/mol. The van der Waals surface area contributed by atoms with Gasteiger partial charge in [-0.15, -0.1) is 23.7 Å². The van der Waals surface area contributed by atoms with Gasteiger partial charge in [0.2, 0.25) is 19.7 Å². The van der Waals surface area contributed by atoms with Gasteiger partial charge in [-0.3, -0.25) is 24.9 Å². The maximum Gasteiger partial charge on any atom is 0.235 e. The van der Waals surface area contributed by atoms with Crippen LogP contribution in [0.1, 0.15) is 134 Å². The molecule has 8 nitrogen and oxygen atoms in total. The third kappa shape index (κ3) is 13.4. The van der Waals surface area contributed by atoms with Gasteiger partial charge in [-0.2, -0.15) is 0 Å². The lowest BCUT2D eigenvalue weighted by molar-refractivity contribution is -0.132. The highest BCUT2D eigenvalue weighted by molar-refractivity contribution is 7.09. The van der Waals surface area contributed by atoms with Crippen LogP contribution in [0, 0.1) is 17.8 Å². The first kappa shape index (κ1) is 49.6. The average molecular weight is 830 g/mol. The van der Waals surface area contributed by atoms with Crippen molar-refractivity contribution in [1.29, 1.82) is 0 Å². The fourth-order valence-electron chi connectivity index (χ4n) is 7.84. The zero-order valence-corrected chi connectivity index (χ0v) is 37.5. The number of rotatable bonds is 11. The molecule has 0 spiro atoms. The Morgan fingerprint density at radius 1 is 1.07 bits per heavy atom. The number of hydrogen-bond acceptors (Lipinski definition) is 6. The van der Waals surface area contributed by atoms with Crippen molar-refractivity contribution >= 4 is 42.0 Å². The highest BCUT2D eigenvalue weighted by Crippen LogP contribution is 2.42. The molecule has 0 bridgehead atoms. The summed E-state index contributed by atoms with van der Waals surface area (Å²) in [6.07, 6.45) is 20.7. The van der Waals surface area contributed by atoms with Crippen molar-refractivity contribution in [3.8, 4) is 34.9 Å². The number of hydrogen-bond donors (Lipinski definition) is 2. The molecule has 2 aliphatic rings. The number of primary amides is 1. The van der Waals surface area contributed by atoms with Gasteiger partial charge in [-0.1, -0.05) is 85.6 Å². The SMILES string of the molecule is C.C#CCCC(C)(C)Cc1c(-c2cccnc2C(C)CC)n(CC)c2ccc(-c3csc(CC)n3)cc12.CCC(=O)N1CCC[B]N1.NC=O.c1ccc2c(c1)CCCC2. The van der Waals surface area contributed by atoms with Crippen molar-refractivity contribution in [3.63, 3.8) is 0 Å². The van der Waals surface area contributed by atoms with Gasteiger partial charge in [-0.25, -0.2) is 4.98 Å². The number of amides is 2. The van der Waals surface area contributed by atoms with Crippen LogP contribution in [0.5, 0.6) is 0 Å². The van der Waals surface area contributed by atoms with Gasteiger partial charge in [0.1, 0.15) is 0 Å². The number of benzene rings is 2. The van der Waals surface area contributed by atoms with Crippen molar-refractivity contribution < 1.29 is 9.59 Å². The molecule has 1 aliphatic carbocycles. The van der Waals surface area contributed by atoms with Crippen LogP contribution in [0.2, 0.25) is 6.32 Å². The topological polar surface area (TPSA) is 106 Å². The minimum absolute atomic E-state index is 0. The van der Waals surface area contributed by atoms with Crippen molar-refractivity contribution in [3.05, 3.63) is 93.6 Å². The van der Waals surface area contributed by atoms with E-state index >= 15 is 0 Å². The van der Waals surface area contributed by atoms with E-state index in [0.717, 1.165) is 63.6 Å². The Hall–Kier alpha value is -4.72. The Labute approximate surface area is 366 Å². The van der Waals surface area contributed by atoms with Gasteiger partial charge in [0.05, 0.1) is 22.1 Å². The van der Waals surface area contributed by atoms with Crippen molar-refractivity contribution in [2.75, 3.05) is 6.54 Å². The van der Waals surface area contributed by atoms with E-state index in [9.17, 15) is 4.79 Å². The molecule has 1 aliphatic heterocycles. The number of carbonyl (C=O) groups excluding carboxylic acids is 2. The van der Waals surface area contributed by atoms with Crippen molar-refractivity contribution in [1.82, 2.24) is 24.9 Å².